The fourth-order valence-electron chi connectivity index (χ4n) is 3.84. The van der Waals surface area contributed by atoms with Crippen LogP contribution in [-0.2, 0) is 16.0 Å². The molecule has 2 N–H and O–H groups in total. The van der Waals surface area contributed by atoms with Crippen molar-refractivity contribution in [3.8, 4) is 11.3 Å². The number of amides is 2. The summed E-state index contributed by atoms with van der Waals surface area (Å²) >= 11 is 0. The zero-order valence-corrected chi connectivity index (χ0v) is 18.2. The third-order valence-electron chi connectivity index (χ3n) is 5.63. The van der Waals surface area contributed by atoms with E-state index in [0.29, 0.717) is 18.8 Å². The van der Waals surface area contributed by atoms with Crippen LogP contribution in [0.3, 0.4) is 0 Å². The van der Waals surface area contributed by atoms with Crippen LogP contribution in [0, 0.1) is 0 Å². The number of carboxylic acid groups (broad SMARTS) is 1. The minimum absolute atomic E-state index is 0.137. The Morgan fingerprint density at radius 1 is 1.16 bits per heavy atom. The van der Waals surface area contributed by atoms with Crippen molar-refractivity contribution in [3.63, 3.8) is 0 Å². The second-order valence-electron chi connectivity index (χ2n) is 7.91. The minimum Gasteiger partial charge on any atom is -0.479 e. The van der Waals surface area contributed by atoms with Crippen molar-refractivity contribution in [3.05, 3.63) is 48.0 Å². The molecule has 166 valence electrons. The Balaban J connectivity index is 1.67. The number of nitrogens with zero attached hydrogens (tertiary/aromatic N) is 2. The topological polar surface area (TPSA) is 91.8 Å². The zero-order chi connectivity index (χ0) is 22.2. The van der Waals surface area contributed by atoms with E-state index in [4.69, 9.17) is 4.74 Å². The van der Waals surface area contributed by atoms with Gasteiger partial charge in [-0.1, -0.05) is 49.6 Å². The molecule has 1 aliphatic rings. The second-order valence-corrected chi connectivity index (χ2v) is 7.91. The molecule has 0 saturated heterocycles. The summed E-state index contributed by atoms with van der Waals surface area (Å²) in [4.78, 5) is 30.1. The van der Waals surface area contributed by atoms with E-state index in [1.54, 1.807) is 18.9 Å². The average Bonchev–Trinajstić information content (AvgIpc) is 2.79. The molecule has 1 aliphatic carbocycles. The van der Waals surface area contributed by atoms with Gasteiger partial charge in [0.25, 0.3) is 0 Å². The van der Waals surface area contributed by atoms with Crippen molar-refractivity contribution in [1.82, 2.24) is 10.3 Å². The number of carbonyl (C=O) groups is 2. The van der Waals surface area contributed by atoms with Gasteiger partial charge in [0.1, 0.15) is 5.82 Å². The van der Waals surface area contributed by atoms with Crippen molar-refractivity contribution in [1.29, 1.82) is 0 Å². The third kappa shape index (κ3) is 6.28. The average molecular weight is 426 g/mol. The number of urea groups is 1. The van der Waals surface area contributed by atoms with Gasteiger partial charge in [0.15, 0.2) is 6.10 Å². The molecule has 7 nitrogen and oxygen atoms in total. The number of ether oxygens (including phenoxy) is 1. The number of benzene rings is 1. The quantitative estimate of drug-likeness (QED) is 0.659. The SMILES string of the molecule is CCOC(Cc1ccc(-c2cccc(N(C)C(=O)NC3CCCCC3)n2)cc1)C(=O)O. The number of hydrogen-bond acceptors (Lipinski definition) is 4. The lowest BCUT2D eigenvalue weighted by Gasteiger charge is -2.26. The highest BCUT2D eigenvalue weighted by Gasteiger charge is 2.20. The fraction of sp³-hybridized carbons (Fsp3) is 0.458. The Labute approximate surface area is 183 Å². The molecule has 0 spiro atoms. The molecule has 1 atom stereocenters. The van der Waals surface area contributed by atoms with Crippen molar-refractivity contribution in [2.24, 2.45) is 0 Å². The lowest BCUT2D eigenvalue weighted by molar-refractivity contribution is -0.149. The van der Waals surface area contributed by atoms with E-state index >= 15 is 0 Å². The lowest BCUT2D eigenvalue weighted by atomic mass is 9.96. The highest BCUT2D eigenvalue weighted by molar-refractivity contribution is 5.90. The van der Waals surface area contributed by atoms with Crippen LogP contribution >= 0.6 is 0 Å². The largest absolute Gasteiger partial charge is 0.479 e. The molecule has 0 aliphatic heterocycles. The smallest absolute Gasteiger partial charge is 0.333 e. The summed E-state index contributed by atoms with van der Waals surface area (Å²) in [5, 5.41) is 12.4. The molecule has 31 heavy (non-hydrogen) atoms. The maximum Gasteiger partial charge on any atom is 0.333 e. The zero-order valence-electron chi connectivity index (χ0n) is 18.2. The molecule has 1 unspecified atom stereocenters. The van der Waals surface area contributed by atoms with Gasteiger partial charge < -0.3 is 15.2 Å². The van der Waals surface area contributed by atoms with Gasteiger partial charge in [-0.15, -0.1) is 0 Å². The summed E-state index contributed by atoms with van der Waals surface area (Å²) in [7, 11) is 1.73. The molecule has 1 saturated carbocycles. The van der Waals surface area contributed by atoms with Gasteiger partial charge in [0, 0.05) is 31.7 Å². The van der Waals surface area contributed by atoms with Gasteiger partial charge >= 0.3 is 12.0 Å². The van der Waals surface area contributed by atoms with Crippen LogP contribution in [0.15, 0.2) is 42.5 Å². The van der Waals surface area contributed by atoms with Gasteiger partial charge in [-0.25, -0.2) is 14.6 Å². The molecule has 1 aromatic heterocycles. The molecule has 1 heterocycles. The van der Waals surface area contributed by atoms with Gasteiger partial charge in [-0.05, 0) is 37.5 Å². The molecule has 7 heteroatoms. The highest BCUT2D eigenvalue weighted by Crippen LogP contribution is 2.22. The molecule has 2 aromatic rings. The van der Waals surface area contributed by atoms with Crippen LogP contribution in [0.4, 0.5) is 10.6 Å². The predicted octanol–water partition coefficient (Wildman–Crippen LogP) is 4.26. The lowest BCUT2D eigenvalue weighted by Crippen LogP contribution is -2.44. The van der Waals surface area contributed by atoms with Crippen molar-refractivity contribution >= 4 is 17.8 Å². The first-order valence-corrected chi connectivity index (χ1v) is 10.9. The van der Waals surface area contributed by atoms with Crippen LogP contribution in [0.2, 0.25) is 0 Å². The number of pyridine rings is 1. The van der Waals surface area contributed by atoms with E-state index in [-0.39, 0.29) is 12.1 Å². The van der Waals surface area contributed by atoms with Crippen LogP contribution in [0.25, 0.3) is 11.3 Å². The van der Waals surface area contributed by atoms with E-state index in [0.717, 1.165) is 42.5 Å². The monoisotopic (exact) mass is 425 g/mol. The van der Waals surface area contributed by atoms with E-state index in [1.165, 1.54) is 6.42 Å². The van der Waals surface area contributed by atoms with Crippen molar-refractivity contribution in [2.75, 3.05) is 18.6 Å². The second kappa shape index (κ2) is 10.9. The van der Waals surface area contributed by atoms with Gasteiger partial charge in [-0.3, -0.25) is 4.90 Å². The number of anilines is 1. The van der Waals surface area contributed by atoms with Crippen LogP contribution < -0.4 is 10.2 Å². The number of carboxylic acids is 1. The molecule has 2 amide bonds. The summed E-state index contributed by atoms with van der Waals surface area (Å²) in [5.41, 5.74) is 2.53. The Hall–Kier alpha value is -2.93. The molecule has 0 bridgehead atoms. The first-order chi connectivity index (χ1) is 15.0. The van der Waals surface area contributed by atoms with E-state index in [1.807, 2.05) is 42.5 Å². The summed E-state index contributed by atoms with van der Waals surface area (Å²) in [6, 6.07) is 13.3. The number of aliphatic carboxylic acids is 1. The normalized spacial score (nSPS) is 15.3. The van der Waals surface area contributed by atoms with Gasteiger partial charge in [0.05, 0.1) is 5.69 Å². The van der Waals surface area contributed by atoms with Gasteiger partial charge in [-0.2, -0.15) is 0 Å². The fourth-order valence-corrected chi connectivity index (χ4v) is 3.84. The highest BCUT2D eigenvalue weighted by atomic mass is 16.5. The summed E-state index contributed by atoms with van der Waals surface area (Å²) in [6.07, 6.45) is 5.09. The van der Waals surface area contributed by atoms with Crippen LogP contribution in [0.1, 0.15) is 44.6 Å². The summed E-state index contributed by atoms with van der Waals surface area (Å²) < 4.78 is 5.29. The van der Waals surface area contributed by atoms with Crippen molar-refractivity contribution < 1.29 is 19.4 Å². The Bertz CT molecular complexity index is 879. The molecule has 0 radical (unpaired) electrons. The third-order valence-corrected chi connectivity index (χ3v) is 5.63. The summed E-state index contributed by atoms with van der Waals surface area (Å²) in [6.45, 7) is 2.14. The molecular weight excluding hydrogens is 394 g/mol. The first kappa shape index (κ1) is 22.7. The number of carbonyl (C=O) groups excluding carboxylic acids is 1. The van der Waals surface area contributed by atoms with E-state index in [9.17, 15) is 14.7 Å². The number of aromatic nitrogens is 1. The van der Waals surface area contributed by atoms with Crippen molar-refractivity contribution in [2.45, 2.75) is 57.6 Å². The number of rotatable bonds is 8. The number of hydrogen-bond donors (Lipinski definition) is 2. The standard InChI is InChI=1S/C24H31N3O4/c1-3-31-21(23(28)29)16-17-12-14-18(15-13-17)20-10-7-11-22(26-20)27(2)24(30)25-19-8-5-4-6-9-19/h7,10-15,19,21H,3-6,8-9,16H2,1-2H3,(H,25,30)(H,28,29). The molecule has 1 aromatic carbocycles. The van der Waals surface area contributed by atoms with E-state index < -0.39 is 12.1 Å². The van der Waals surface area contributed by atoms with E-state index in [2.05, 4.69) is 10.3 Å². The molecule has 3 rings (SSSR count). The van der Waals surface area contributed by atoms with Gasteiger partial charge in [0.2, 0.25) is 0 Å². The molecular formula is C24H31N3O4. The molecule has 1 fully saturated rings. The summed E-state index contributed by atoms with van der Waals surface area (Å²) in [5.74, 6) is -0.382. The number of nitrogens with one attached hydrogen (secondary N) is 1. The Morgan fingerprint density at radius 3 is 2.52 bits per heavy atom. The minimum atomic E-state index is -0.963. The Morgan fingerprint density at radius 2 is 1.87 bits per heavy atom. The predicted molar refractivity (Wildman–Crippen MR) is 120 cm³/mol. The maximum absolute atomic E-state index is 12.6. The first-order valence-electron chi connectivity index (χ1n) is 10.9. The maximum atomic E-state index is 12.6. The Kier molecular flexibility index (Phi) is 8.00. The van der Waals surface area contributed by atoms with Crippen LogP contribution in [-0.4, -0.2) is 47.9 Å². The van der Waals surface area contributed by atoms with Crippen LogP contribution in [0.5, 0.6) is 0 Å².